The van der Waals surface area contributed by atoms with E-state index >= 15 is 0 Å². The van der Waals surface area contributed by atoms with Gasteiger partial charge >= 0.3 is 5.69 Å². The number of hydrogen-bond donors (Lipinski definition) is 0. The van der Waals surface area contributed by atoms with Crippen molar-refractivity contribution in [2.24, 2.45) is 7.05 Å². The van der Waals surface area contributed by atoms with Crippen LogP contribution in [-0.4, -0.2) is 24.8 Å². The van der Waals surface area contributed by atoms with Crippen molar-refractivity contribution in [3.8, 4) is 6.01 Å². The van der Waals surface area contributed by atoms with E-state index in [1.807, 2.05) is 45.0 Å². The number of aromatic nitrogens is 4. The minimum absolute atomic E-state index is 0.0225. The minimum atomic E-state index is -0.366. The molecule has 7 nitrogen and oxygen atoms in total. The van der Waals surface area contributed by atoms with E-state index in [-0.39, 0.29) is 17.4 Å². The molecule has 0 fully saturated rings. The third-order valence-corrected chi connectivity index (χ3v) is 5.33. The highest BCUT2D eigenvalue weighted by Crippen LogP contribution is 2.22. The minimum Gasteiger partial charge on any atom is -0.461 e. The fraction of sp³-hybridized carbons (Fsp3) is 0.476. The van der Waals surface area contributed by atoms with Crippen molar-refractivity contribution in [2.75, 3.05) is 0 Å². The fourth-order valence-electron chi connectivity index (χ4n) is 3.39. The van der Waals surface area contributed by atoms with Crippen LogP contribution in [0.5, 0.6) is 6.01 Å². The van der Waals surface area contributed by atoms with Gasteiger partial charge in [-0.3, -0.25) is 18.5 Å². The van der Waals surface area contributed by atoms with Gasteiger partial charge in [0.2, 0.25) is 0 Å². The second kappa shape index (κ2) is 8.86. The molecule has 0 unspecified atom stereocenters. The molecule has 3 aromatic rings. The normalized spacial score (nSPS) is 11.5. The topological polar surface area (TPSA) is 71.1 Å². The van der Waals surface area contributed by atoms with Crippen molar-refractivity contribution in [3.63, 3.8) is 0 Å². The quantitative estimate of drug-likeness (QED) is 0.560. The molecular weight excluding hydrogens is 392 g/mol. The second-order valence-electron chi connectivity index (χ2n) is 7.13. The summed E-state index contributed by atoms with van der Waals surface area (Å²) in [6, 6.07) is 7.78. The molecule has 3 rings (SSSR count). The molecule has 0 amide bonds. The first-order chi connectivity index (χ1) is 13.9. The van der Waals surface area contributed by atoms with Crippen molar-refractivity contribution in [2.45, 2.75) is 59.2 Å². The zero-order valence-electron chi connectivity index (χ0n) is 17.3. The number of ether oxygens (including phenoxy) is 1. The lowest BCUT2D eigenvalue weighted by Gasteiger charge is -2.16. The summed E-state index contributed by atoms with van der Waals surface area (Å²) in [5.41, 5.74) is 0.956. The molecule has 0 saturated heterocycles. The van der Waals surface area contributed by atoms with Gasteiger partial charge in [0.1, 0.15) is 6.10 Å². The second-order valence-corrected chi connectivity index (χ2v) is 7.57. The van der Waals surface area contributed by atoms with Crippen LogP contribution in [-0.2, 0) is 20.1 Å². The number of fused-ring (bicyclic) bond motifs is 1. The summed E-state index contributed by atoms with van der Waals surface area (Å²) < 4.78 is 10.6. The fourth-order valence-corrected chi connectivity index (χ4v) is 3.51. The van der Waals surface area contributed by atoms with E-state index in [1.54, 1.807) is 11.6 Å². The summed E-state index contributed by atoms with van der Waals surface area (Å²) >= 11 is 6.01. The van der Waals surface area contributed by atoms with Crippen LogP contribution in [0.1, 0.15) is 45.6 Å². The molecule has 0 radical (unpaired) electrons. The van der Waals surface area contributed by atoms with E-state index in [4.69, 9.17) is 16.3 Å². The first-order valence-electron chi connectivity index (χ1n) is 10.0. The summed E-state index contributed by atoms with van der Waals surface area (Å²) in [7, 11) is 1.64. The number of aryl methyl sites for hydroxylation is 1. The zero-order chi connectivity index (χ0) is 21.1. The van der Waals surface area contributed by atoms with E-state index in [9.17, 15) is 9.59 Å². The van der Waals surface area contributed by atoms with Crippen molar-refractivity contribution in [3.05, 3.63) is 55.7 Å². The largest absolute Gasteiger partial charge is 0.461 e. The SMILES string of the molecule is CCCn1c(=O)c2c(nc(OC(CC)CC)n2Cc2ccc(Cl)cc2)n(C)c1=O. The Morgan fingerprint density at radius 2 is 1.72 bits per heavy atom. The maximum absolute atomic E-state index is 13.2. The number of nitrogens with zero attached hydrogens (tertiary/aromatic N) is 4. The molecule has 0 atom stereocenters. The molecule has 156 valence electrons. The van der Waals surface area contributed by atoms with Gasteiger partial charge in [-0.1, -0.05) is 44.5 Å². The first kappa shape index (κ1) is 21.2. The Morgan fingerprint density at radius 1 is 1.07 bits per heavy atom. The monoisotopic (exact) mass is 418 g/mol. The molecule has 1 aromatic carbocycles. The smallest absolute Gasteiger partial charge is 0.332 e. The van der Waals surface area contributed by atoms with E-state index in [2.05, 4.69) is 4.98 Å². The van der Waals surface area contributed by atoms with Gasteiger partial charge in [-0.05, 0) is 37.0 Å². The highest BCUT2D eigenvalue weighted by Gasteiger charge is 2.22. The summed E-state index contributed by atoms with van der Waals surface area (Å²) in [5.74, 6) is 0. The summed E-state index contributed by atoms with van der Waals surface area (Å²) in [5, 5.41) is 0.644. The van der Waals surface area contributed by atoms with Crippen molar-refractivity contribution in [1.29, 1.82) is 0 Å². The zero-order valence-corrected chi connectivity index (χ0v) is 18.1. The van der Waals surface area contributed by atoms with E-state index in [0.29, 0.717) is 41.7 Å². The number of benzene rings is 1. The lowest BCUT2D eigenvalue weighted by atomic mass is 10.2. The molecule has 2 aromatic heterocycles. The third kappa shape index (κ3) is 4.10. The molecule has 0 aliphatic heterocycles. The average molecular weight is 419 g/mol. The summed E-state index contributed by atoms with van der Waals surface area (Å²) in [6.45, 7) is 6.77. The average Bonchev–Trinajstić information content (AvgIpc) is 3.07. The molecule has 0 saturated carbocycles. The van der Waals surface area contributed by atoms with Gasteiger partial charge in [-0.2, -0.15) is 4.98 Å². The Hall–Kier alpha value is -2.54. The Kier molecular flexibility index (Phi) is 6.47. The molecule has 0 bridgehead atoms. The van der Waals surface area contributed by atoms with Gasteiger partial charge in [0.05, 0.1) is 6.54 Å². The van der Waals surface area contributed by atoms with Crippen LogP contribution >= 0.6 is 11.6 Å². The standard InChI is InChI=1S/C21H27ClN4O3/c1-5-12-25-19(27)17-18(24(4)21(25)28)23-20(29-16(6-2)7-3)26(17)13-14-8-10-15(22)11-9-14/h8-11,16H,5-7,12-13H2,1-4H3. The van der Waals surface area contributed by atoms with Crippen LogP contribution < -0.4 is 16.0 Å². The van der Waals surface area contributed by atoms with E-state index in [0.717, 1.165) is 18.4 Å². The third-order valence-electron chi connectivity index (χ3n) is 5.08. The Labute approximate surface area is 174 Å². The van der Waals surface area contributed by atoms with Crippen LogP contribution in [0.15, 0.2) is 33.9 Å². The Balaban J connectivity index is 2.26. The van der Waals surface area contributed by atoms with Gasteiger partial charge in [0.25, 0.3) is 11.6 Å². The molecule has 29 heavy (non-hydrogen) atoms. The molecule has 0 aliphatic carbocycles. The highest BCUT2D eigenvalue weighted by molar-refractivity contribution is 6.30. The highest BCUT2D eigenvalue weighted by atomic mass is 35.5. The van der Waals surface area contributed by atoms with Crippen LogP contribution in [0, 0.1) is 0 Å². The molecule has 0 aliphatic rings. The van der Waals surface area contributed by atoms with Crippen molar-refractivity contribution < 1.29 is 4.74 Å². The van der Waals surface area contributed by atoms with Gasteiger partial charge in [0.15, 0.2) is 11.2 Å². The maximum atomic E-state index is 13.2. The summed E-state index contributed by atoms with van der Waals surface area (Å²) in [4.78, 5) is 30.4. The van der Waals surface area contributed by atoms with Crippen molar-refractivity contribution >= 4 is 22.8 Å². The number of halogens is 1. The molecule has 2 heterocycles. The van der Waals surface area contributed by atoms with Gasteiger partial charge < -0.3 is 4.74 Å². The van der Waals surface area contributed by atoms with Crippen LogP contribution in [0.2, 0.25) is 5.02 Å². The first-order valence-corrected chi connectivity index (χ1v) is 10.4. The molecule has 8 heteroatoms. The Bertz CT molecular complexity index is 1110. The van der Waals surface area contributed by atoms with Crippen LogP contribution in [0.25, 0.3) is 11.2 Å². The summed E-state index contributed by atoms with van der Waals surface area (Å²) in [6.07, 6.45) is 2.30. The predicted octanol–water partition coefficient (Wildman–Crippen LogP) is 3.58. The number of imidazole rings is 1. The lowest BCUT2D eigenvalue weighted by molar-refractivity contribution is 0.170. The van der Waals surface area contributed by atoms with Crippen LogP contribution in [0.4, 0.5) is 0 Å². The van der Waals surface area contributed by atoms with Gasteiger partial charge in [-0.25, -0.2) is 4.79 Å². The van der Waals surface area contributed by atoms with Gasteiger partial charge in [-0.15, -0.1) is 0 Å². The Morgan fingerprint density at radius 3 is 2.31 bits per heavy atom. The number of rotatable bonds is 8. The predicted molar refractivity (Wildman–Crippen MR) is 115 cm³/mol. The van der Waals surface area contributed by atoms with E-state index < -0.39 is 0 Å². The van der Waals surface area contributed by atoms with E-state index in [1.165, 1.54) is 9.13 Å². The molecule has 0 spiro atoms. The van der Waals surface area contributed by atoms with Crippen LogP contribution in [0.3, 0.4) is 0 Å². The maximum Gasteiger partial charge on any atom is 0.332 e. The van der Waals surface area contributed by atoms with Crippen molar-refractivity contribution in [1.82, 2.24) is 18.7 Å². The molecular formula is C21H27ClN4O3. The lowest BCUT2D eigenvalue weighted by Crippen LogP contribution is -2.39. The number of hydrogen-bond acceptors (Lipinski definition) is 4. The van der Waals surface area contributed by atoms with Gasteiger partial charge in [0, 0.05) is 18.6 Å². The molecule has 0 N–H and O–H groups in total.